The fourth-order valence-corrected chi connectivity index (χ4v) is 7.21. The van der Waals surface area contributed by atoms with Crippen LogP contribution < -0.4 is 10.6 Å². The van der Waals surface area contributed by atoms with Gasteiger partial charge in [-0.1, -0.05) is 43.3 Å². The van der Waals surface area contributed by atoms with Gasteiger partial charge in [-0.3, -0.25) is 4.79 Å². The highest BCUT2D eigenvalue weighted by Gasteiger charge is 2.41. The number of fused-ring (bicyclic) bond motifs is 1. The third kappa shape index (κ3) is 6.22. The number of amides is 2. The second kappa shape index (κ2) is 13.2. The number of aromatic nitrogens is 4. The molecule has 3 aliphatic rings. The summed E-state index contributed by atoms with van der Waals surface area (Å²) in [5.74, 6) is 1.86. The van der Waals surface area contributed by atoms with Gasteiger partial charge in [-0.05, 0) is 98.0 Å². The fourth-order valence-electron chi connectivity index (χ4n) is 7.21. The summed E-state index contributed by atoms with van der Waals surface area (Å²) in [4.78, 5) is 44.3. The molecule has 0 unspecified atom stereocenters. The van der Waals surface area contributed by atoms with Crippen LogP contribution in [0.5, 0.6) is 0 Å². The van der Waals surface area contributed by atoms with Crippen LogP contribution in [0.15, 0.2) is 55.3 Å². The fraction of sp³-hybridized carbons (Fsp3) is 0.405. The topological polar surface area (TPSA) is 128 Å². The number of carbonyl (C=O) groups is 2. The van der Waals surface area contributed by atoms with Gasteiger partial charge in [0.25, 0.3) is 0 Å². The molecule has 4 heterocycles. The quantitative estimate of drug-likeness (QED) is 0.154. The maximum atomic E-state index is 13.8. The lowest BCUT2D eigenvalue weighted by Crippen LogP contribution is -2.53. The number of allylic oxidation sites excluding steroid dienone is 2. The molecule has 4 aromatic rings. The van der Waals surface area contributed by atoms with Crippen LogP contribution >= 0.6 is 0 Å². The molecule has 1 saturated carbocycles. The molecule has 3 atom stereocenters. The Morgan fingerprint density at radius 2 is 1.87 bits per heavy atom. The molecule has 2 amide bonds. The number of nitrogens with one attached hydrogen (secondary N) is 4. The largest absolute Gasteiger partial charge is 0.453 e. The third-order valence-electron chi connectivity index (χ3n) is 10.1. The van der Waals surface area contributed by atoms with Gasteiger partial charge >= 0.3 is 6.09 Å². The van der Waals surface area contributed by atoms with Crippen molar-refractivity contribution in [1.29, 1.82) is 0 Å². The monoisotopic (exact) mass is 633 g/mol. The first kappa shape index (κ1) is 30.9. The number of methoxy groups -OCH3 is 1. The second-order valence-corrected chi connectivity index (χ2v) is 13.0. The van der Waals surface area contributed by atoms with Gasteiger partial charge in [0.2, 0.25) is 5.91 Å². The van der Waals surface area contributed by atoms with Crippen molar-refractivity contribution in [2.24, 2.45) is 5.92 Å². The van der Waals surface area contributed by atoms with Crippen molar-refractivity contribution in [3.05, 3.63) is 83.9 Å². The summed E-state index contributed by atoms with van der Waals surface area (Å²) in [6.45, 7) is 7.79. The highest BCUT2D eigenvalue weighted by molar-refractivity contribution is 5.94. The van der Waals surface area contributed by atoms with Crippen molar-refractivity contribution < 1.29 is 14.3 Å². The average molecular weight is 634 g/mol. The minimum atomic E-state index is -0.574. The summed E-state index contributed by atoms with van der Waals surface area (Å²) in [6, 6.07) is 12.5. The number of hydrogen-bond donors (Lipinski definition) is 4. The van der Waals surface area contributed by atoms with Gasteiger partial charge in [-0.25, -0.2) is 14.8 Å². The van der Waals surface area contributed by atoms with Gasteiger partial charge in [0, 0.05) is 17.8 Å². The van der Waals surface area contributed by atoms with Gasteiger partial charge in [0.15, 0.2) is 0 Å². The Balaban J connectivity index is 1.10. The number of imidazole rings is 2. The van der Waals surface area contributed by atoms with E-state index >= 15 is 0 Å². The number of benzene rings is 2. The highest BCUT2D eigenvalue weighted by atomic mass is 16.5. The molecule has 1 aliphatic carbocycles. The number of ether oxygens (including phenoxy) is 1. The Morgan fingerprint density at radius 1 is 1.04 bits per heavy atom. The predicted octanol–water partition coefficient (Wildman–Crippen LogP) is 6.60. The minimum Gasteiger partial charge on any atom is -0.453 e. The van der Waals surface area contributed by atoms with Crippen LogP contribution in [0, 0.1) is 12.8 Å². The van der Waals surface area contributed by atoms with Gasteiger partial charge in [-0.15, -0.1) is 0 Å². The van der Waals surface area contributed by atoms with Crippen LogP contribution in [0.4, 0.5) is 4.79 Å². The molecule has 2 aliphatic heterocycles. The average Bonchev–Trinajstić information content (AvgIpc) is 3.89. The number of nitrogens with zero attached hydrogens (tertiary/aromatic N) is 3. The molecule has 0 spiro atoms. The third-order valence-corrected chi connectivity index (χ3v) is 10.1. The molecular weight excluding hydrogens is 590 g/mol. The first-order valence-corrected chi connectivity index (χ1v) is 16.8. The first-order valence-electron chi connectivity index (χ1n) is 16.8. The van der Waals surface area contributed by atoms with E-state index in [4.69, 9.17) is 9.72 Å². The zero-order valence-corrected chi connectivity index (χ0v) is 27.1. The zero-order valence-electron chi connectivity index (χ0n) is 27.1. The van der Waals surface area contributed by atoms with Crippen molar-refractivity contribution in [1.82, 2.24) is 35.5 Å². The van der Waals surface area contributed by atoms with E-state index in [1.165, 1.54) is 13.5 Å². The van der Waals surface area contributed by atoms with E-state index in [1.807, 2.05) is 24.1 Å². The Morgan fingerprint density at radius 3 is 2.62 bits per heavy atom. The first-order chi connectivity index (χ1) is 22.9. The molecule has 7 rings (SSSR count). The Hall–Kier alpha value is -4.70. The van der Waals surface area contributed by atoms with Gasteiger partial charge in [0.1, 0.15) is 17.7 Å². The van der Waals surface area contributed by atoms with Gasteiger partial charge < -0.3 is 30.2 Å². The zero-order chi connectivity index (χ0) is 32.5. The standard InChI is InChI=1S/C37H43N7O3/c1-4-23(25-12-13-27-19-28(15-14-26(27)18-25)31-21-39-34(42-31)29-10-6-16-38-29)20-30-22(2)40-35(41-30)32-11-7-17-44(32)36(45)33(24-8-5-9-24)43-37(46)47-3/h4,12-15,18-21,24,29,32-33,38H,1,5-11,16-17H2,2-3H3,(H,39,42)(H,40,41)(H,43,46)/b23-20+/t29-,32-,33-/m0/s1. The molecule has 2 aromatic heterocycles. The van der Waals surface area contributed by atoms with Crippen molar-refractivity contribution in [2.45, 2.75) is 70.0 Å². The number of aryl methyl sites for hydroxylation is 1. The molecule has 244 valence electrons. The Kier molecular flexibility index (Phi) is 8.68. The molecule has 10 heteroatoms. The summed E-state index contributed by atoms with van der Waals surface area (Å²) in [7, 11) is 1.33. The van der Waals surface area contributed by atoms with E-state index in [9.17, 15) is 9.59 Å². The number of carbonyl (C=O) groups excluding carboxylic acids is 2. The summed E-state index contributed by atoms with van der Waals surface area (Å²) in [6.07, 6.45) is 12.2. The Bertz CT molecular complexity index is 1830. The van der Waals surface area contributed by atoms with E-state index in [-0.39, 0.29) is 17.9 Å². The van der Waals surface area contributed by atoms with Gasteiger partial charge in [-0.2, -0.15) is 0 Å². The summed E-state index contributed by atoms with van der Waals surface area (Å²) in [5.41, 5.74) is 5.90. The van der Waals surface area contributed by atoms with Crippen LogP contribution in [-0.4, -0.2) is 63.1 Å². The molecular formula is C37H43N7O3. The van der Waals surface area contributed by atoms with Gasteiger partial charge in [0.05, 0.1) is 36.8 Å². The van der Waals surface area contributed by atoms with Crippen molar-refractivity contribution in [3.63, 3.8) is 0 Å². The maximum Gasteiger partial charge on any atom is 0.407 e. The van der Waals surface area contributed by atoms with Crippen LogP contribution in [-0.2, 0) is 9.53 Å². The van der Waals surface area contributed by atoms with Crippen molar-refractivity contribution >= 4 is 34.4 Å². The summed E-state index contributed by atoms with van der Waals surface area (Å²) in [5, 5.41) is 8.60. The number of hydrogen-bond acceptors (Lipinski definition) is 6. The van der Waals surface area contributed by atoms with E-state index in [1.54, 1.807) is 0 Å². The van der Waals surface area contributed by atoms with E-state index in [2.05, 4.69) is 74.6 Å². The predicted molar refractivity (Wildman–Crippen MR) is 183 cm³/mol. The molecule has 2 saturated heterocycles. The van der Waals surface area contributed by atoms with E-state index < -0.39 is 12.1 Å². The Labute approximate surface area is 275 Å². The molecule has 0 bridgehead atoms. The smallest absolute Gasteiger partial charge is 0.407 e. The number of H-pyrrole nitrogens is 2. The van der Waals surface area contributed by atoms with Crippen LogP contribution in [0.3, 0.4) is 0 Å². The summed E-state index contributed by atoms with van der Waals surface area (Å²) < 4.78 is 4.83. The summed E-state index contributed by atoms with van der Waals surface area (Å²) >= 11 is 0. The molecule has 0 radical (unpaired) electrons. The lowest BCUT2D eigenvalue weighted by molar-refractivity contribution is -0.136. The van der Waals surface area contributed by atoms with Crippen LogP contribution in [0.25, 0.3) is 33.7 Å². The van der Waals surface area contributed by atoms with Crippen LogP contribution in [0.2, 0.25) is 0 Å². The molecule has 47 heavy (non-hydrogen) atoms. The second-order valence-electron chi connectivity index (χ2n) is 13.0. The highest BCUT2D eigenvalue weighted by Crippen LogP contribution is 2.36. The number of rotatable bonds is 9. The molecule has 10 nitrogen and oxygen atoms in total. The number of likely N-dealkylation sites (tertiary alicyclic amines) is 1. The van der Waals surface area contributed by atoms with Crippen molar-refractivity contribution in [2.75, 3.05) is 20.2 Å². The molecule has 4 N–H and O–H groups in total. The van der Waals surface area contributed by atoms with E-state index in [0.29, 0.717) is 12.6 Å². The number of alkyl carbamates (subject to hydrolysis) is 1. The molecule has 3 fully saturated rings. The maximum absolute atomic E-state index is 13.8. The van der Waals surface area contributed by atoms with Crippen molar-refractivity contribution in [3.8, 4) is 11.3 Å². The van der Waals surface area contributed by atoms with Crippen LogP contribution in [0.1, 0.15) is 85.6 Å². The normalized spacial score (nSPS) is 20.7. The number of aromatic amines is 2. The lowest BCUT2D eigenvalue weighted by atomic mass is 9.79. The molecule has 2 aromatic carbocycles. The van der Waals surface area contributed by atoms with E-state index in [0.717, 1.165) is 101 Å². The lowest BCUT2D eigenvalue weighted by Gasteiger charge is -2.36. The SMILES string of the molecule is C=C/C(=C\c1nc([C@@H]2CCCN2C(=O)[C@@H](NC(=O)OC)C2CCC2)[nH]c1C)c1ccc2cc(-c3cnc([C@@H]4CCCN4)[nH]3)ccc2c1. The minimum absolute atomic E-state index is 0.0568.